The van der Waals surface area contributed by atoms with E-state index < -0.39 is 0 Å². The zero-order chi connectivity index (χ0) is 13.8. The maximum absolute atomic E-state index is 12.1. The third kappa shape index (κ3) is 3.23. The Morgan fingerprint density at radius 2 is 2.00 bits per heavy atom. The van der Waals surface area contributed by atoms with E-state index in [1.54, 1.807) is 10.9 Å². The molecule has 0 saturated heterocycles. The minimum Gasteiger partial charge on any atom is -0.321 e. The highest BCUT2D eigenvalue weighted by Gasteiger charge is 2.14. The van der Waals surface area contributed by atoms with Gasteiger partial charge in [-0.05, 0) is 47.0 Å². The Morgan fingerprint density at radius 1 is 1.32 bits per heavy atom. The van der Waals surface area contributed by atoms with Gasteiger partial charge in [0.2, 0.25) is 0 Å². The molecule has 0 bridgehead atoms. The lowest BCUT2D eigenvalue weighted by molar-refractivity contribution is 0.102. The first-order chi connectivity index (χ1) is 9.13. The average Bonchev–Trinajstić information content (AvgIpc) is 2.81. The molecule has 1 N–H and O–H groups in total. The van der Waals surface area contributed by atoms with Gasteiger partial charge in [0.05, 0.1) is 4.47 Å². The smallest absolute Gasteiger partial charge is 0.277 e. The van der Waals surface area contributed by atoms with Crippen LogP contribution in [0.2, 0.25) is 0 Å². The van der Waals surface area contributed by atoms with E-state index in [4.69, 9.17) is 0 Å². The number of benzene rings is 1. The number of hydrogen-bond acceptors (Lipinski definition) is 2. The van der Waals surface area contributed by atoms with Crippen molar-refractivity contribution in [3.63, 3.8) is 0 Å². The average molecular weight is 322 g/mol. The summed E-state index contributed by atoms with van der Waals surface area (Å²) in [4.78, 5) is 12.1. The van der Waals surface area contributed by atoms with Crippen molar-refractivity contribution in [1.29, 1.82) is 0 Å². The SMILES string of the molecule is CCc1ccc(NC(=O)c2nn(CC)cc2Br)cc1. The van der Waals surface area contributed by atoms with Crippen LogP contribution < -0.4 is 5.32 Å². The first kappa shape index (κ1) is 13.8. The fraction of sp³-hybridized carbons (Fsp3) is 0.286. The van der Waals surface area contributed by atoms with Gasteiger partial charge in [-0.15, -0.1) is 0 Å². The predicted octanol–water partition coefficient (Wildman–Crippen LogP) is 3.48. The number of amides is 1. The molecule has 4 nitrogen and oxygen atoms in total. The van der Waals surface area contributed by atoms with Crippen molar-refractivity contribution in [3.05, 3.63) is 46.2 Å². The number of nitrogens with one attached hydrogen (secondary N) is 1. The summed E-state index contributed by atoms with van der Waals surface area (Å²) in [5, 5.41) is 7.06. The second kappa shape index (κ2) is 6.02. The fourth-order valence-electron chi connectivity index (χ4n) is 1.73. The molecule has 2 rings (SSSR count). The van der Waals surface area contributed by atoms with Gasteiger partial charge >= 0.3 is 0 Å². The van der Waals surface area contributed by atoms with Gasteiger partial charge in [-0.1, -0.05) is 19.1 Å². The van der Waals surface area contributed by atoms with E-state index >= 15 is 0 Å². The number of carbonyl (C=O) groups excluding carboxylic acids is 1. The zero-order valence-electron chi connectivity index (χ0n) is 11.0. The Kier molecular flexibility index (Phi) is 4.37. The van der Waals surface area contributed by atoms with Crippen LogP contribution in [0, 0.1) is 0 Å². The lowest BCUT2D eigenvalue weighted by Crippen LogP contribution is -2.13. The normalized spacial score (nSPS) is 10.5. The highest BCUT2D eigenvalue weighted by atomic mass is 79.9. The van der Waals surface area contributed by atoms with Crippen molar-refractivity contribution in [2.45, 2.75) is 26.8 Å². The number of nitrogens with zero attached hydrogens (tertiary/aromatic N) is 2. The minimum absolute atomic E-state index is 0.205. The molecule has 1 amide bonds. The first-order valence-corrected chi connectivity index (χ1v) is 7.06. The van der Waals surface area contributed by atoms with Crippen LogP contribution in [0.3, 0.4) is 0 Å². The molecule has 0 aliphatic heterocycles. The van der Waals surface area contributed by atoms with Gasteiger partial charge in [0.25, 0.3) is 5.91 Å². The highest BCUT2D eigenvalue weighted by molar-refractivity contribution is 9.10. The molecule has 1 aromatic carbocycles. The highest BCUT2D eigenvalue weighted by Crippen LogP contribution is 2.17. The summed E-state index contributed by atoms with van der Waals surface area (Å²) in [6.45, 7) is 4.81. The molecule has 0 fully saturated rings. The Bertz CT molecular complexity index is 575. The van der Waals surface area contributed by atoms with Crippen molar-refractivity contribution in [1.82, 2.24) is 9.78 Å². The van der Waals surface area contributed by atoms with Gasteiger partial charge < -0.3 is 5.32 Å². The summed E-state index contributed by atoms with van der Waals surface area (Å²) in [6, 6.07) is 7.83. The molecule has 0 saturated carbocycles. The largest absolute Gasteiger partial charge is 0.321 e. The van der Waals surface area contributed by atoms with Crippen molar-refractivity contribution >= 4 is 27.5 Å². The number of halogens is 1. The van der Waals surface area contributed by atoms with Crippen LogP contribution in [-0.4, -0.2) is 15.7 Å². The Labute approximate surface area is 120 Å². The number of aromatic nitrogens is 2. The van der Waals surface area contributed by atoms with E-state index in [9.17, 15) is 4.79 Å². The lowest BCUT2D eigenvalue weighted by Gasteiger charge is -2.04. The number of anilines is 1. The number of carbonyl (C=O) groups is 1. The van der Waals surface area contributed by atoms with Crippen LogP contribution in [0.4, 0.5) is 5.69 Å². The molecule has 19 heavy (non-hydrogen) atoms. The van der Waals surface area contributed by atoms with E-state index in [1.807, 2.05) is 31.2 Å². The van der Waals surface area contributed by atoms with Gasteiger partial charge in [-0.25, -0.2) is 0 Å². The van der Waals surface area contributed by atoms with Crippen LogP contribution in [0.1, 0.15) is 29.9 Å². The second-order valence-corrected chi connectivity index (χ2v) is 5.04. The van der Waals surface area contributed by atoms with Gasteiger partial charge in [-0.2, -0.15) is 5.10 Å². The topological polar surface area (TPSA) is 46.9 Å². The van der Waals surface area contributed by atoms with E-state index in [1.165, 1.54) is 5.56 Å². The fourth-order valence-corrected chi connectivity index (χ4v) is 2.22. The Balaban J connectivity index is 2.13. The molecule has 1 aromatic heterocycles. The van der Waals surface area contributed by atoms with Crippen LogP contribution in [0.15, 0.2) is 34.9 Å². The molecule has 2 aromatic rings. The molecule has 1 heterocycles. The second-order valence-electron chi connectivity index (χ2n) is 4.19. The van der Waals surface area contributed by atoms with Crippen LogP contribution in [0.5, 0.6) is 0 Å². The maximum Gasteiger partial charge on any atom is 0.277 e. The molecule has 0 aliphatic carbocycles. The summed E-state index contributed by atoms with van der Waals surface area (Å²) in [5.41, 5.74) is 2.43. The quantitative estimate of drug-likeness (QED) is 0.937. The molecule has 0 aliphatic rings. The van der Waals surface area contributed by atoms with Gasteiger partial charge in [0.15, 0.2) is 5.69 Å². The molecule has 0 spiro atoms. The molecular weight excluding hydrogens is 306 g/mol. The van der Waals surface area contributed by atoms with E-state index in [0.717, 1.165) is 18.7 Å². The summed E-state index contributed by atoms with van der Waals surface area (Å²) < 4.78 is 2.43. The van der Waals surface area contributed by atoms with Gasteiger partial charge in [0.1, 0.15) is 0 Å². The predicted molar refractivity (Wildman–Crippen MR) is 79.4 cm³/mol. The first-order valence-electron chi connectivity index (χ1n) is 6.27. The summed E-state index contributed by atoms with van der Waals surface area (Å²) >= 11 is 3.35. The van der Waals surface area contributed by atoms with E-state index in [-0.39, 0.29) is 5.91 Å². The van der Waals surface area contributed by atoms with Crippen LogP contribution in [0.25, 0.3) is 0 Å². The Morgan fingerprint density at radius 3 is 2.53 bits per heavy atom. The molecular formula is C14H16BrN3O. The molecule has 100 valence electrons. The molecule has 0 atom stereocenters. The summed E-state index contributed by atoms with van der Waals surface area (Å²) in [6.07, 6.45) is 2.79. The van der Waals surface area contributed by atoms with Crippen molar-refractivity contribution < 1.29 is 4.79 Å². The van der Waals surface area contributed by atoms with E-state index in [2.05, 4.69) is 33.3 Å². The van der Waals surface area contributed by atoms with Gasteiger partial charge in [-0.3, -0.25) is 9.48 Å². The monoisotopic (exact) mass is 321 g/mol. The third-order valence-electron chi connectivity index (χ3n) is 2.88. The van der Waals surface area contributed by atoms with Crippen LogP contribution in [-0.2, 0) is 13.0 Å². The molecule has 0 unspecified atom stereocenters. The van der Waals surface area contributed by atoms with Crippen molar-refractivity contribution in [2.24, 2.45) is 0 Å². The minimum atomic E-state index is -0.205. The van der Waals surface area contributed by atoms with Crippen molar-refractivity contribution in [2.75, 3.05) is 5.32 Å². The number of rotatable bonds is 4. The van der Waals surface area contributed by atoms with Crippen LogP contribution >= 0.6 is 15.9 Å². The third-order valence-corrected chi connectivity index (χ3v) is 3.46. The number of hydrogen-bond donors (Lipinski definition) is 1. The Hall–Kier alpha value is -1.62. The van der Waals surface area contributed by atoms with Crippen molar-refractivity contribution in [3.8, 4) is 0 Å². The van der Waals surface area contributed by atoms with E-state index in [0.29, 0.717) is 10.2 Å². The zero-order valence-corrected chi connectivity index (χ0v) is 12.6. The molecule has 5 heteroatoms. The lowest BCUT2D eigenvalue weighted by atomic mass is 10.1. The van der Waals surface area contributed by atoms with Gasteiger partial charge in [0, 0.05) is 18.4 Å². The molecule has 0 radical (unpaired) electrons. The maximum atomic E-state index is 12.1. The number of aryl methyl sites for hydroxylation is 2. The summed E-state index contributed by atoms with van der Waals surface area (Å²) in [5.74, 6) is -0.205. The standard InChI is InChI=1S/C14H16BrN3O/c1-3-10-5-7-11(8-6-10)16-14(19)13-12(15)9-18(4-2)17-13/h5-9H,3-4H2,1-2H3,(H,16,19). The summed E-state index contributed by atoms with van der Waals surface area (Å²) in [7, 11) is 0.